The summed E-state index contributed by atoms with van der Waals surface area (Å²) in [4.78, 5) is 35.0. The Morgan fingerprint density at radius 3 is 2.21 bits per heavy atom. The molecule has 0 amide bonds. The predicted molar refractivity (Wildman–Crippen MR) is 94.7 cm³/mol. The Balaban J connectivity index is 1.97. The maximum atomic E-state index is 12.4. The number of carbonyl (C=O) groups excluding carboxylic acids is 2. The van der Waals surface area contributed by atoms with Crippen LogP contribution in [0.4, 0.5) is 5.69 Å². The van der Waals surface area contributed by atoms with Crippen molar-refractivity contribution in [2.45, 2.75) is 12.2 Å². The lowest BCUT2D eigenvalue weighted by atomic mass is 10.1. The molecular formula is C18H17NO4S. The average molecular weight is 343 g/mol. The Labute approximate surface area is 144 Å². The van der Waals surface area contributed by atoms with Crippen molar-refractivity contribution in [3.63, 3.8) is 0 Å². The van der Waals surface area contributed by atoms with Gasteiger partial charge in [0.25, 0.3) is 0 Å². The van der Waals surface area contributed by atoms with Gasteiger partial charge in [0.2, 0.25) is 5.12 Å². The molecule has 0 aliphatic carbocycles. The van der Waals surface area contributed by atoms with Crippen LogP contribution in [0.1, 0.15) is 27.6 Å². The van der Waals surface area contributed by atoms with Crippen LogP contribution in [0, 0.1) is 0 Å². The van der Waals surface area contributed by atoms with E-state index in [0.717, 1.165) is 11.8 Å². The molecule has 0 aromatic heterocycles. The van der Waals surface area contributed by atoms with Crippen molar-refractivity contribution in [2.75, 3.05) is 11.9 Å². The zero-order valence-electron chi connectivity index (χ0n) is 13.1. The molecule has 0 fully saturated rings. The van der Waals surface area contributed by atoms with Gasteiger partial charge in [-0.1, -0.05) is 42.1 Å². The Hall–Kier alpha value is -2.60. The number of carboxylic acid groups (broad SMARTS) is 1. The first kappa shape index (κ1) is 17.7. The topological polar surface area (TPSA) is 83.5 Å². The second-order valence-corrected chi connectivity index (χ2v) is 6.42. The first-order chi connectivity index (χ1) is 11.5. The molecule has 0 spiro atoms. The van der Waals surface area contributed by atoms with Crippen molar-refractivity contribution in [2.24, 2.45) is 0 Å². The standard InChI is InChI=1S/C18H17NO4S/c1-12(24-18(23)14-5-3-2-4-6-14)17(22)13-7-9-15(10-8-13)19-11-16(20)21/h2-10,12,19H,11H2,1H3,(H,20,21). The molecule has 0 aliphatic rings. The van der Waals surface area contributed by atoms with Crippen molar-refractivity contribution < 1.29 is 19.5 Å². The van der Waals surface area contributed by atoms with E-state index in [1.165, 1.54) is 0 Å². The molecule has 1 atom stereocenters. The number of hydrogen-bond donors (Lipinski definition) is 2. The number of hydrogen-bond acceptors (Lipinski definition) is 5. The smallest absolute Gasteiger partial charge is 0.322 e. The molecule has 0 saturated heterocycles. The summed E-state index contributed by atoms with van der Waals surface area (Å²) in [7, 11) is 0. The number of rotatable bonds is 7. The molecule has 0 heterocycles. The number of anilines is 1. The lowest BCUT2D eigenvalue weighted by Gasteiger charge is -2.10. The normalized spacial score (nSPS) is 11.5. The van der Waals surface area contributed by atoms with Gasteiger partial charge in [0, 0.05) is 16.8 Å². The molecular weight excluding hydrogens is 326 g/mol. The third kappa shape index (κ3) is 4.96. The average Bonchev–Trinajstić information content (AvgIpc) is 2.60. The summed E-state index contributed by atoms with van der Waals surface area (Å²) in [6.45, 7) is 1.51. The summed E-state index contributed by atoms with van der Waals surface area (Å²) in [6.07, 6.45) is 0. The van der Waals surface area contributed by atoms with Crippen LogP contribution >= 0.6 is 11.8 Å². The number of nitrogens with one attached hydrogen (secondary N) is 1. The number of benzene rings is 2. The van der Waals surface area contributed by atoms with Crippen molar-refractivity contribution in [1.82, 2.24) is 0 Å². The summed E-state index contributed by atoms with van der Waals surface area (Å²) in [6, 6.07) is 15.4. The van der Waals surface area contributed by atoms with Crippen LogP contribution in [-0.2, 0) is 4.79 Å². The lowest BCUT2D eigenvalue weighted by molar-refractivity contribution is -0.134. The summed E-state index contributed by atoms with van der Waals surface area (Å²) >= 11 is 0.992. The summed E-state index contributed by atoms with van der Waals surface area (Å²) in [5.41, 5.74) is 1.67. The van der Waals surface area contributed by atoms with Gasteiger partial charge in [-0.2, -0.15) is 0 Å². The maximum Gasteiger partial charge on any atom is 0.322 e. The van der Waals surface area contributed by atoms with E-state index in [9.17, 15) is 14.4 Å². The van der Waals surface area contributed by atoms with Crippen molar-refractivity contribution in [3.05, 3.63) is 65.7 Å². The molecule has 2 N–H and O–H groups in total. The van der Waals surface area contributed by atoms with Gasteiger partial charge in [0.1, 0.15) is 6.54 Å². The van der Waals surface area contributed by atoms with E-state index in [4.69, 9.17) is 5.11 Å². The van der Waals surface area contributed by atoms with Crippen LogP contribution in [0.5, 0.6) is 0 Å². The van der Waals surface area contributed by atoms with Gasteiger partial charge < -0.3 is 10.4 Å². The van der Waals surface area contributed by atoms with Gasteiger partial charge in [0.05, 0.1) is 5.25 Å². The Bertz CT molecular complexity index is 728. The first-order valence-corrected chi connectivity index (χ1v) is 8.21. The van der Waals surface area contributed by atoms with E-state index in [1.807, 2.05) is 6.07 Å². The molecule has 1 unspecified atom stereocenters. The monoisotopic (exact) mass is 343 g/mol. The van der Waals surface area contributed by atoms with E-state index in [2.05, 4.69) is 5.32 Å². The number of ketones is 1. The van der Waals surface area contributed by atoms with Gasteiger partial charge in [-0.15, -0.1) is 0 Å². The highest BCUT2D eigenvalue weighted by Crippen LogP contribution is 2.22. The minimum absolute atomic E-state index is 0.142. The van der Waals surface area contributed by atoms with Crippen LogP contribution in [0.15, 0.2) is 54.6 Å². The van der Waals surface area contributed by atoms with Gasteiger partial charge in [0.15, 0.2) is 5.78 Å². The molecule has 24 heavy (non-hydrogen) atoms. The molecule has 124 valence electrons. The number of carboxylic acids is 1. The zero-order valence-corrected chi connectivity index (χ0v) is 13.9. The molecule has 0 aliphatic heterocycles. The van der Waals surface area contributed by atoms with Gasteiger partial charge >= 0.3 is 5.97 Å². The van der Waals surface area contributed by atoms with Crippen LogP contribution in [-0.4, -0.2) is 33.8 Å². The van der Waals surface area contributed by atoms with Gasteiger partial charge in [-0.25, -0.2) is 0 Å². The van der Waals surface area contributed by atoms with Crippen molar-refractivity contribution in [3.8, 4) is 0 Å². The molecule has 2 aromatic carbocycles. The van der Waals surface area contributed by atoms with Crippen molar-refractivity contribution >= 4 is 34.3 Å². The third-order valence-corrected chi connectivity index (χ3v) is 4.29. The second kappa shape index (κ2) is 8.31. The molecule has 2 rings (SSSR count). The number of thioether (sulfide) groups is 1. The van der Waals surface area contributed by atoms with E-state index < -0.39 is 11.2 Å². The predicted octanol–water partition coefficient (Wildman–Crippen LogP) is 3.33. The van der Waals surface area contributed by atoms with E-state index in [0.29, 0.717) is 16.8 Å². The van der Waals surface area contributed by atoms with E-state index in [-0.39, 0.29) is 17.4 Å². The zero-order chi connectivity index (χ0) is 17.5. The Morgan fingerprint density at radius 2 is 1.62 bits per heavy atom. The Morgan fingerprint density at radius 1 is 1.00 bits per heavy atom. The largest absolute Gasteiger partial charge is 0.480 e. The summed E-state index contributed by atoms with van der Waals surface area (Å²) < 4.78 is 0. The highest BCUT2D eigenvalue weighted by Gasteiger charge is 2.20. The molecule has 5 nitrogen and oxygen atoms in total. The maximum absolute atomic E-state index is 12.4. The number of carbonyl (C=O) groups is 3. The molecule has 2 aromatic rings. The molecule has 6 heteroatoms. The molecule has 0 saturated carbocycles. The lowest BCUT2D eigenvalue weighted by Crippen LogP contribution is -2.16. The minimum Gasteiger partial charge on any atom is -0.480 e. The fourth-order valence-corrected chi connectivity index (χ4v) is 2.86. The molecule has 0 bridgehead atoms. The highest BCUT2D eigenvalue weighted by molar-refractivity contribution is 8.15. The quantitative estimate of drug-likeness (QED) is 0.750. The summed E-state index contributed by atoms with van der Waals surface area (Å²) in [5.74, 6) is -1.10. The fourth-order valence-electron chi connectivity index (χ4n) is 2.02. The minimum atomic E-state index is -0.959. The summed E-state index contributed by atoms with van der Waals surface area (Å²) in [5, 5.41) is 10.7. The van der Waals surface area contributed by atoms with Crippen LogP contribution < -0.4 is 5.32 Å². The number of aliphatic carboxylic acids is 1. The van der Waals surface area contributed by atoms with Gasteiger partial charge in [-0.3, -0.25) is 14.4 Å². The first-order valence-electron chi connectivity index (χ1n) is 7.33. The van der Waals surface area contributed by atoms with Crippen molar-refractivity contribution in [1.29, 1.82) is 0 Å². The second-order valence-electron chi connectivity index (χ2n) is 5.10. The SMILES string of the molecule is CC(SC(=O)c1ccccc1)C(=O)c1ccc(NCC(=O)O)cc1. The number of Topliss-reactive ketones (excluding diaryl/α,β-unsaturated/α-hetero) is 1. The van der Waals surface area contributed by atoms with Crippen LogP contribution in [0.3, 0.4) is 0 Å². The fraction of sp³-hybridized carbons (Fsp3) is 0.167. The molecule has 0 radical (unpaired) electrons. The van der Waals surface area contributed by atoms with Crippen LogP contribution in [0.2, 0.25) is 0 Å². The van der Waals surface area contributed by atoms with E-state index >= 15 is 0 Å². The third-order valence-electron chi connectivity index (χ3n) is 3.28. The highest BCUT2D eigenvalue weighted by atomic mass is 32.2. The Kier molecular flexibility index (Phi) is 6.14. The van der Waals surface area contributed by atoms with Gasteiger partial charge in [-0.05, 0) is 31.2 Å². The van der Waals surface area contributed by atoms with E-state index in [1.54, 1.807) is 55.5 Å². The van der Waals surface area contributed by atoms with Crippen LogP contribution in [0.25, 0.3) is 0 Å².